The number of methoxy groups -OCH3 is 1. The highest BCUT2D eigenvalue weighted by atomic mass is 31.2. The zero-order valence-electron chi connectivity index (χ0n) is 12.8. The van der Waals surface area contributed by atoms with Crippen LogP contribution in [0.2, 0.25) is 0 Å². The Kier molecular flexibility index (Phi) is 5.26. The van der Waals surface area contributed by atoms with Crippen molar-refractivity contribution in [1.82, 2.24) is 4.98 Å². The topological polar surface area (TPSA) is 112 Å². The predicted molar refractivity (Wildman–Crippen MR) is 86.9 cm³/mol. The van der Waals surface area contributed by atoms with Gasteiger partial charge in [-0.15, -0.1) is 0 Å². The lowest BCUT2D eigenvalue weighted by molar-refractivity contribution is 0.367. The molecule has 0 aliphatic heterocycles. The summed E-state index contributed by atoms with van der Waals surface area (Å²) in [5.74, 6) is 0.260. The van der Waals surface area contributed by atoms with Crippen molar-refractivity contribution in [3.05, 3.63) is 47.8 Å². The molecule has 2 rings (SSSR count). The number of pyridine rings is 1. The molecule has 124 valence electrons. The molecular weight excluding hydrogens is 319 g/mol. The van der Waals surface area contributed by atoms with Gasteiger partial charge in [-0.25, -0.2) is 0 Å². The van der Waals surface area contributed by atoms with Crippen molar-refractivity contribution >= 4 is 13.3 Å². The lowest BCUT2D eigenvalue weighted by Crippen LogP contribution is -2.16. The van der Waals surface area contributed by atoms with Gasteiger partial charge >= 0.3 is 7.60 Å². The number of phenolic OH excluding ortho intramolecular Hbond substituents is 1. The number of nitrogens with one attached hydrogen (secondary N) is 1. The second kappa shape index (κ2) is 7.00. The molecule has 1 heterocycles. The fourth-order valence-corrected chi connectivity index (χ4v) is 3.03. The maximum atomic E-state index is 11.5. The first-order chi connectivity index (χ1) is 10.8. The standard InChI is InChI=1S/C15H19N2O5P/c1-10-6-11(7-14(22-2)15(10)18)13(9-23(19,20)21)17-12-4-3-5-16-8-12/h3-8,13,17-18H,9H2,1-2H3,(H2,19,20,21). The summed E-state index contributed by atoms with van der Waals surface area (Å²) in [6.07, 6.45) is 2.78. The maximum absolute atomic E-state index is 11.5. The molecule has 1 aromatic carbocycles. The average molecular weight is 338 g/mol. The largest absolute Gasteiger partial charge is 0.504 e. The molecule has 0 aliphatic rings. The Balaban J connectivity index is 2.41. The Morgan fingerprint density at radius 3 is 2.70 bits per heavy atom. The van der Waals surface area contributed by atoms with Gasteiger partial charge in [0.05, 0.1) is 25.0 Å². The number of rotatable bonds is 6. The van der Waals surface area contributed by atoms with Gasteiger partial charge in [-0.05, 0) is 36.2 Å². The molecule has 0 fully saturated rings. The fraction of sp³-hybridized carbons (Fsp3) is 0.267. The molecule has 7 nitrogen and oxygen atoms in total. The van der Waals surface area contributed by atoms with E-state index in [9.17, 15) is 19.5 Å². The first-order valence-corrected chi connectivity index (χ1v) is 8.68. The summed E-state index contributed by atoms with van der Waals surface area (Å²) in [5.41, 5.74) is 1.79. The SMILES string of the molecule is COc1cc(C(CP(=O)(O)O)Nc2cccnc2)cc(C)c1O. The number of hydrogen-bond donors (Lipinski definition) is 4. The van der Waals surface area contributed by atoms with E-state index in [0.29, 0.717) is 16.8 Å². The van der Waals surface area contributed by atoms with Crippen molar-refractivity contribution in [2.45, 2.75) is 13.0 Å². The zero-order valence-corrected chi connectivity index (χ0v) is 13.7. The summed E-state index contributed by atoms with van der Waals surface area (Å²) in [5, 5.41) is 13.0. The minimum absolute atomic E-state index is 0.00700. The third kappa shape index (κ3) is 4.69. The van der Waals surface area contributed by atoms with Crippen LogP contribution in [0.1, 0.15) is 17.2 Å². The Bertz CT molecular complexity index is 717. The van der Waals surface area contributed by atoms with E-state index in [1.54, 1.807) is 43.6 Å². The smallest absolute Gasteiger partial charge is 0.327 e. The second-order valence-corrected chi connectivity index (χ2v) is 6.87. The Hall–Kier alpha value is -2.08. The molecule has 0 saturated carbocycles. The van der Waals surface area contributed by atoms with E-state index < -0.39 is 19.8 Å². The van der Waals surface area contributed by atoms with E-state index in [1.165, 1.54) is 7.11 Å². The van der Waals surface area contributed by atoms with Gasteiger partial charge in [-0.3, -0.25) is 9.55 Å². The summed E-state index contributed by atoms with van der Waals surface area (Å²) in [4.78, 5) is 22.7. The molecule has 0 aliphatic carbocycles. The molecule has 0 spiro atoms. The molecule has 0 radical (unpaired) electrons. The zero-order chi connectivity index (χ0) is 17.0. The number of anilines is 1. The number of aromatic nitrogens is 1. The van der Waals surface area contributed by atoms with E-state index in [0.717, 1.165) is 0 Å². The van der Waals surface area contributed by atoms with Crippen molar-refractivity contribution in [2.24, 2.45) is 0 Å². The van der Waals surface area contributed by atoms with Crippen LogP contribution in [-0.2, 0) is 4.57 Å². The Morgan fingerprint density at radius 1 is 1.39 bits per heavy atom. The van der Waals surface area contributed by atoms with Crippen molar-refractivity contribution < 1.29 is 24.2 Å². The molecule has 8 heteroatoms. The van der Waals surface area contributed by atoms with E-state index in [2.05, 4.69) is 10.3 Å². The number of aromatic hydroxyl groups is 1. The lowest BCUT2D eigenvalue weighted by Gasteiger charge is -2.22. The van der Waals surface area contributed by atoms with Gasteiger partial charge in [0.1, 0.15) is 0 Å². The van der Waals surface area contributed by atoms with Gasteiger partial charge in [0.15, 0.2) is 11.5 Å². The van der Waals surface area contributed by atoms with E-state index in [4.69, 9.17) is 4.74 Å². The molecule has 1 atom stereocenters. The van der Waals surface area contributed by atoms with Crippen molar-refractivity contribution in [3.8, 4) is 11.5 Å². The van der Waals surface area contributed by atoms with Crippen LogP contribution in [0.3, 0.4) is 0 Å². The highest BCUT2D eigenvalue weighted by Crippen LogP contribution is 2.42. The van der Waals surface area contributed by atoms with E-state index >= 15 is 0 Å². The number of benzene rings is 1. The minimum Gasteiger partial charge on any atom is -0.504 e. The summed E-state index contributed by atoms with van der Waals surface area (Å²) in [6, 6.07) is 6.05. The summed E-state index contributed by atoms with van der Waals surface area (Å²) in [6.45, 7) is 1.69. The molecule has 0 saturated heterocycles. The summed E-state index contributed by atoms with van der Waals surface area (Å²) >= 11 is 0. The Morgan fingerprint density at radius 2 is 2.13 bits per heavy atom. The summed E-state index contributed by atoms with van der Waals surface area (Å²) < 4.78 is 16.6. The van der Waals surface area contributed by atoms with Crippen molar-refractivity contribution in [2.75, 3.05) is 18.6 Å². The predicted octanol–water partition coefficient (Wildman–Crippen LogP) is 2.44. The number of nitrogens with zero attached hydrogens (tertiary/aromatic N) is 1. The molecule has 2 aromatic rings. The van der Waals surface area contributed by atoms with Crippen LogP contribution in [0, 0.1) is 6.92 Å². The molecule has 1 aromatic heterocycles. The minimum atomic E-state index is -4.26. The normalized spacial score (nSPS) is 12.7. The first kappa shape index (κ1) is 17.3. The average Bonchev–Trinajstić information content (AvgIpc) is 2.49. The van der Waals surface area contributed by atoms with Crippen LogP contribution in [0.5, 0.6) is 11.5 Å². The molecule has 0 bridgehead atoms. The van der Waals surface area contributed by atoms with Gasteiger partial charge in [-0.1, -0.05) is 6.07 Å². The van der Waals surface area contributed by atoms with Gasteiger partial charge < -0.3 is 24.9 Å². The van der Waals surface area contributed by atoms with Crippen LogP contribution in [0.15, 0.2) is 36.7 Å². The second-order valence-electron chi connectivity index (χ2n) is 5.17. The van der Waals surface area contributed by atoms with Crippen molar-refractivity contribution in [1.29, 1.82) is 0 Å². The number of ether oxygens (including phenoxy) is 1. The third-order valence-electron chi connectivity index (χ3n) is 3.33. The maximum Gasteiger partial charge on any atom is 0.327 e. The van der Waals surface area contributed by atoms with Crippen LogP contribution in [-0.4, -0.2) is 33.1 Å². The Labute approximate surface area is 134 Å². The van der Waals surface area contributed by atoms with Crippen LogP contribution < -0.4 is 10.1 Å². The molecule has 0 amide bonds. The fourth-order valence-electron chi connectivity index (χ4n) is 2.25. The quantitative estimate of drug-likeness (QED) is 0.599. The molecule has 4 N–H and O–H groups in total. The highest BCUT2D eigenvalue weighted by molar-refractivity contribution is 7.51. The van der Waals surface area contributed by atoms with Crippen LogP contribution in [0.25, 0.3) is 0 Å². The molecule has 23 heavy (non-hydrogen) atoms. The van der Waals surface area contributed by atoms with E-state index in [-0.39, 0.29) is 11.5 Å². The third-order valence-corrected chi connectivity index (χ3v) is 4.17. The van der Waals surface area contributed by atoms with Crippen molar-refractivity contribution in [3.63, 3.8) is 0 Å². The van der Waals surface area contributed by atoms with Gasteiger partial charge in [-0.2, -0.15) is 0 Å². The van der Waals surface area contributed by atoms with Crippen LogP contribution >= 0.6 is 7.60 Å². The van der Waals surface area contributed by atoms with Gasteiger partial charge in [0.2, 0.25) is 0 Å². The highest BCUT2D eigenvalue weighted by Gasteiger charge is 2.24. The van der Waals surface area contributed by atoms with E-state index in [1.807, 2.05) is 0 Å². The molecular formula is C15H19N2O5P. The summed E-state index contributed by atoms with van der Waals surface area (Å²) in [7, 11) is -2.84. The lowest BCUT2D eigenvalue weighted by atomic mass is 10.0. The number of hydrogen-bond acceptors (Lipinski definition) is 5. The number of aryl methyl sites for hydroxylation is 1. The number of phenols is 1. The monoisotopic (exact) mass is 338 g/mol. The van der Waals surface area contributed by atoms with Gasteiger partial charge in [0.25, 0.3) is 0 Å². The first-order valence-electron chi connectivity index (χ1n) is 6.89. The molecule has 1 unspecified atom stereocenters. The van der Waals surface area contributed by atoms with Crippen LogP contribution in [0.4, 0.5) is 5.69 Å². The van der Waals surface area contributed by atoms with Gasteiger partial charge in [0, 0.05) is 12.4 Å².